The van der Waals surface area contributed by atoms with Gasteiger partial charge in [-0.2, -0.15) is 0 Å². The fourth-order valence-corrected chi connectivity index (χ4v) is 4.70. The van der Waals surface area contributed by atoms with Crippen molar-refractivity contribution < 1.29 is 14.0 Å². The number of benzene rings is 1. The van der Waals surface area contributed by atoms with E-state index in [0.717, 1.165) is 22.2 Å². The van der Waals surface area contributed by atoms with Crippen molar-refractivity contribution in [2.24, 2.45) is 5.92 Å². The van der Waals surface area contributed by atoms with E-state index in [2.05, 4.69) is 15.9 Å². The third-order valence-corrected chi connectivity index (χ3v) is 6.22. The highest BCUT2D eigenvalue weighted by Crippen LogP contribution is 2.24. The average Bonchev–Trinajstić information content (AvgIpc) is 3.06. The normalized spacial score (nSPS) is 17.2. The fraction of sp³-hybridized carbons (Fsp3) is 0.368. The molecule has 0 N–H and O–H groups in total. The molecule has 0 aliphatic carbocycles. The predicted octanol–water partition coefficient (Wildman–Crippen LogP) is 4.16. The van der Waals surface area contributed by atoms with Gasteiger partial charge in [0.1, 0.15) is 5.82 Å². The van der Waals surface area contributed by atoms with Crippen molar-refractivity contribution in [3.8, 4) is 0 Å². The Morgan fingerprint density at radius 2 is 2.08 bits per heavy atom. The van der Waals surface area contributed by atoms with Crippen LogP contribution in [0.5, 0.6) is 0 Å². The molecule has 1 aromatic carbocycles. The van der Waals surface area contributed by atoms with Crippen LogP contribution >= 0.6 is 27.3 Å². The molecule has 2 amide bonds. The molecule has 7 heteroatoms. The number of hydrogen-bond donors (Lipinski definition) is 0. The SMILES string of the molecule is CN(Cc1cc(Br)cs1)C(=O)C1CCCN(C(=O)c2ccc(F)cc2)C1. The number of thiophene rings is 1. The topological polar surface area (TPSA) is 40.6 Å². The van der Waals surface area contributed by atoms with E-state index >= 15 is 0 Å². The first kappa shape index (κ1) is 19.0. The summed E-state index contributed by atoms with van der Waals surface area (Å²) in [6.07, 6.45) is 1.58. The summed E-state index contributed by atoms with van der Waals surface area (Å²) in [7, 11) is 1.80. The van der Waals surface area contributed by atoms with E-state index in [9.17, 15) is 14.0 Å². The summed E-state index contributed by atoms with van der Waals surface area (Å²) in [5.74, 6) is -0.643. The highest BCUT2D eigenvalue weighted by molar-refractivity contribution is 9.10. The molecule has 0 radical (unpaired) electrons. The first-order valence-electron chi connectivity index (χ1n) is 8.47. The van der Waals surface area contributed by atoms with Crippen molar-refractivity contribution >= 4 is 39.1 Å². The van der Waals surface area contributed by atoms with Crippen LogP contribution in [0.1, 0.15) is 28.1 Å². The van der Waals surface area contributed by atoms with Crippen molar-refractivity contribution in [2.75, 3.05) is 20.1 Å². The monoisotopic (exact) mass is 438 g/mol. The molecule has 1 aliphatic heterocycles. The number of hydrogen-bond acceptors (Lipinski definition) is 3. The second-order valence-corrected chi connectivity index (χ2v) is 8.43. The van der Waals surface area contributed by atoms with Gasteiger partial charge in [-0.3, -0.25) is 9.59 Å². The second kappa shape index (κ2) is 8.31. The molecule has 2 aromatic rings. The molecule has 1 unspecified atom stereocenters. The van der Waals surface area contributed by atoms with E-state index in [4.69, 9.17) is 0 Å². The van der Waals surface area contributed by atoms with Crippen molar-refractivity contribution in [3.63, 3.8) is 0 Å². The summed E-state index contributed by atoms with van der Waals surface area (Å²) in [5, 5.41) is 2.00. The summed E-state index contributed by atoms with van der Waals surface area (Å²) < 4.78 is 14.1. The van der Waals surface area contributed by atoms with Crippen LogP contribution in [-0.4, -0.2) is 41.8 Å². The number of nitrogens with zero attached hydrogens (tertiary/aromatic N) is 2. The number of carbonyl (C=O) groups is 2. The summed E-state index contributed by atoms with van der Waals surface area (Å²) in [6, 6.07) is 7.56. The van der Waals surface area contributed by atoms with E-state index in [1.165, 1.54) is 24.3 Å². The lowest BCUT2D eigenvalue weighted by molar-refractivity contribution is -0.136. The maximum absolute atomic E-state index is 13.1. The Morgan fingerprint density at radius 3 is 2.73 bits per heavy atom. The van der Waals surface area contributed by atoms with Crippen LogP contribution < -0.4 is 0 Å². The Bertz CT molecular complexity index is 793. The maximum atomic E-state index is 13.1. The Kier molecular flexibility index (Phi) is 6.09. The quantitative estimate of drug-likeness (QED) is 0.718. The lowest BCUT2D eigenvalue weighted by Gasteiger charge is -2.34. The van der Waals surface area contributed by atoms with Crippen LogP contribution in [0.25, 0.3) is 0 Å². The smallest absolute Gasteiger partial charge is 0.253 e. The van der Waals surface area contributed by atoms with Crippen molar-refractivity contribution in [1.82, 2.24) is 9.80 Å². The van der Waals surface area contributed by atoms with Gasteiger partial charge in [0, 0.05) is 40.4 Å². The van der Waals surface area contributed by atoms with E-state index in [0.29, 0.717) is 25.2 Å². The number of rotatable bonds is 4. The molecule has 1 aliphatic rings. The lowest BCUT2D eigenvalue weighted by atomic mass is 9.96. The average molecular weight is 439 g/mol. The van der Waals surface area contributed by atoms with Gasteiger partial charge in [-0.15, -0.1) is 11.3 Å². The van der Waals surface area contributed by atoms with Gasteiger partial charge in [-0.1, -0.05) is 0 Å². The van der Waals surface area contributed by atoms with Gasteiger partial charge in [0.15, 0.2) is 0 Å². The molecule has 1 aromatic heterocycles. The van der Waals surface area contributed by atoms with E-state index in [1.54, 1.807) is 28.2 Å². The van der Waals surface area contributed by atoms with Crippen LogP contribution in [0.15, 0.2) is 40.2 Å². The van der Waals surface area contributed by atoms with E-state index in [-0.39, 0.29) is 23.5 Å². The molecule has 0 bridgehead atoms. The number of halogens is 2. The molecule has 4 nitrogen and oxygen atoms in total. The van der Waals surface area contributed by atoms with E-state index < -0.39 is 0 Å². The number of carbonyl (C=O) groups excluding carboxylic acids is 2. The van der Waals surface area contributed by atoms with Crippen molar-refractivity contribution in [3.05, 3.63) is 56.4 Å². The molecular weight excluding hydrogens is 419 g/mol. The Labute approximate surface area is 164 Å². The maximum Gasteiger partial charge on any atom is 0.253 e. The molecule has 1 saturated heterocycles. The first-order chi connectivity index (χ1) is 12.4. The second-order valence-electron chi connectivity index (χ2n) is 6.52. The molecule has 2 heterocycles. The standard InChI is InChI=1S/C19H20BrFN2O2S/c1-22(11-17-9-15(20)12-26-17)18(24)14-3-2-8-23(10-14)19(25)13-4-6-16(21)7-5-13/h4-7,9,12,14H,2-3,8,10-11H2,1H3. The molecule has 26 heavy (non-hydrogen) atoms. The van der Waals surface area contributed by atoms with Crippen molar-refractivity contribution in [1.29, 1.82) is 0 Å². The van der Waals surface area contributed by atoms with Gasteiger partial charge < -0.3 is 9.80 Å². The third kappa shape index (κ3) is 4.51. The van der Waals surface area contributed by atoms with Crippen LogP contribution in [0.4, 0.5) is 4.39 Å². The minimum atomic E-state index is -0.366. The first-order valence-corrected chi connectivity index (χ1v) is 10.1. The minimum Gasteiger partial charge on any atom is -0.340 e. The lowest BCUT2D eigenvalue weighted by Crippen LogP contribution is -2.45. The zero-order chi connectivity index (χ0) is 18.7. The summed E-state index contributed by atoms with van der Waals surface area (Å²) in [5.41, 5.74) is 0.455. The summed E-state index contributed by atoms with van der Waals surface area (Å²) in [6.45, 7) is 1.60. The molecule has 1 atom stereocenters. The largest absolute Gasteiger partial charge is 0.340 e. The van der Waals surface area contributed by atoms with Gasteiger partial charge in [-0.05, 0) is 59.1 Å². The van der Waals surface area contributed by atoms with E-state index in [1.807, 2.05) is 11.4 Å². The van der Waals surface area contributed by atoms with Gasteiger partial charge in [0.2, 0.25) is 5.91 Å². The van der Waals surface area contributed by atoms with Gasteiger partial charge >= 0.3 is 0 Å². The van der Waals surface area contributed by atoms with Gasteiger partial charge in [-0.25, -0.2) is 4.39 Å². The fourth-order valence-electron chi connectivity index (χ4n) is 3.20. The Morgan fingerprint density at radius 1 is 1.35 bits per heavy atom. The molecular formula is C19H20BrFN2O2S. The summed E-state index contributed by atoms with van der Waals surface area (Å²) >= 11 is 5.04. The Balaban J connectivity index is 1.62. The zero-order valence-corrected chi connectivity index (χ0v) is 16.9. The van der Waals surface area contributed by atoms with Crippen LogP contribution in [0.3, 0.4) is 0 Å². The highest BCUT2D eigenvalue weighted by atomic mass is 79.9. The van der Waals surface area contributed by atoms with Gasteiger partial charge in [0.25, 0.3) is 5.91 Å². The zero-order valence-electron chi connectivity index (χ0n) is 14.5. The molecule has 138 valence electrons. The number of amides is 2. The highest BCUT2D eigenvalue weighted by Gasteiger charge is 2.30. The van der Waals surface area contributed by atoms with Crippen molar-refractivity contribution in [2.45, 2.75) is 19.4 Å². The van der Waals surface area contributed by atoms with Gasteiger partial charge in [0.05, 0.1) is 12.5 Å². The predicted molar refractivity (Wildman–Crippen MR) is 104 cm³/mol. The minimum absolute atomic E-state index is 0.0612. The number of piperidine rings is 1. The molecule has 1 fully saturated rings. The molecule has 0 saturated carbocycles. The van der Waals surface area contributed by atoms with Crippen LogP contribution in [0.2, 0.25) is 0 Å². The van der Waals surface area contributed by atoms with Crippen LogP contribution in [-0.2, 0) is 11.3 Å². The molecule has 3 rings (SSSR count). The summed E-state index contributed by atoms with van der Waals surface area (Å²) in [4.78, 5) is 30.0. The molecule has 0 spiro atoms. The Hall–Kier alpha value is -1.73. The number of likely N-dealkylation sites (tertiary alicyclic amines) is 1. The third-order valence-electron chi connectivity index (χ3n) is 4.54. The van der Waals surface area contributed by atoms with Crippen LogP contribution in [0, 0.1) is 11.7 Å².